The van der Waals surface area contributed by atoms with Crippen LogP contribution in [0.5, 0.6) is 0 Å². The van der Waals surface area contributed by atoms with E-state index in [1.807, 2.05) is 6.33 Å². The first-order chi connectivity index (χ1) is 10.9. The van der Waals surface area contributed by atoms with Gasteiger partial charge in [-0.3, -0.25) is 4.90 Å². The second kappa shape index (κ2) is 5.69. The molecule has 0 bridgehead atoms. The minimum atomic E-state index is -0.0146. The van der Waals surface area contributed by atoms with E-state index >= 15 is 0 Å². The van der Waals surface area contributed by atoms with Crippen LogP contribution < -0.4 is 0 Å². The summed E-state index contributed by atoms with van der Waals surface area (Å²) in [6, 6.07) is 8.50. The van der Waals surface area contributed by atoms with Crippen LogP contribution >= 0.6 is 0 Å². The fourth-order valence-corrected chi connectivity index (χ4v) is 3.80. The van der Waals surface area contributed by atoms with Crippen molar-refractivity contribution < 1.29 is 4.79 Å². The van der Waals surface area contributed by atoms with E-state index in [1.54, 1.807) is 0 Å². The number of hydrogen-bond donors (Lipinski definition) is 0. The van der Waals surface area contributed by atoms with Gasteiger partial charge in [0.25, 0.3) is 0 Å². The number of hydrogen-bond acceptors (Lipinski definition) is 3. The maximum atomic E-state index is 11.5. The van der Waals surface area contributed by atoms with Crippen molar-refractivity contribution in [3.63, 3.8) is 0 Å². The quantitative estimate of drug-likeness (QED) is 0.812. The van der Waals surface area contributed by atoms with E-state index in [1.165, 1.54) is 29.8 Å². The van der Waals surface area contributed by atoms with Gasteiger partial charge in [0.05, 0.1) is 18.1 Å². The maximum absolute atomic E-state index is 11.5. The third-order valence-corrected chi connectivity index (χ3v) is 5.00. The summed E-state index contributed by atoms with van der Waals surface area (Å²) in [6.07, 6.45) is 8.26. The van der Waals surface area contributed by atoms with Crippen molar-refractivity contribution >= 4 is 6.29 Å². The lowest BCUT2D eigenvalue weighted by Gasteiger charge is -2.23. The van der Waals surface area contributed by atoms with Crippen LogP contribution in [0.3, 0.4) is 0 Å². The van der Waals surface area contributed by atoms with E-state index in [2.05, 4.69) is 38.7 Å². The van der Waals surface area contributed by atoms with E-state index in [0.717, 1.165) is 44.3 Å². The number of rotatable bonds is 4. The number of carbonyl (C=O) groups excluding carboxylic acids is 1. The van der Waals surface area contributed by atoms with Crippen LogP contribution in [0.2, 0.25) is 0 Å². The summed E-state index contributed by atoms with van der Waals surface area (Å²) in [5, 5.41) is 0. The lowest BCUT2D eigenvalue weighted by Crippen LogP contribution is -2.36. The normalized spacial score (nSPS) is 18.7. The predicted molar refractivity (Wildman–Crippen MR) is 85.3 cm³/mol. The number of carbonyl (C=O) groups is 1. The highest BCUT2D eigenvalue weighted by Crippen LogP contribution is 2.27. The van der Waals surface area contributed by atoms with Gasteiger partial charge in [0.2, 0.25) is 0 Å². The smallest absolute Gasteiger partial charge is 0.137 e. The molecule has 4 nitrogen and oxygen atoms in total. The Morgan fingerprint density at radius 1 is 1.18 bits per heavy atom. The van der Waals surface area contributed by atoms with Gasteiger partial charge in [-0.2, -0.15) is 0 Å². The number of benzene rings is 1. The molecular weight excluding hydrogens is 274 g/mol. The average Bonchev–Trinajstić information content (AvgIpc) is 3.22. The zero-order chi connectivity index (χ0) is 14.9. The van der Waals surface area contributed by atoms with Crippen LogP contribution in [0.1, 0.15) is 29.8 Å². The number of likely N-dealkylation sites (tertiary alicyclic amines) is 1. The number of nitrogens with zero attached hydrogens (tertiary/aromatic N) is 3. The zero-order valence-corrected chi connectivity index (χ0v) is 12.7. The summed E-state index contributed by atoms with van der Waals surface area (Å²) >= 11 is 0. The Morgan fingerprint density at radius 2 is 2.00 bits per heavy atom. The highest BCUT2D eigenvalue weighted by molar-refractivity contribution is 5.58. The van der Waals surface area contributed by atoms with Crippen LogP contribution in [0.25, 0.3) is 5.69 Å². The van der Waals surface area contributed by atoms with Gasteiger partial charge in [0.15, 0.2) is 0 Å². The lowest BCUT2D eigenvalue weighted by atomic mass is 9.99. The molecule has 0 aliphatic carbocycles. The molecule has 3 heterocycles. The van der Waals surface area contributed by atoms with Crippen molar-refractivity contribution in [1.82, 2.24) is 14.5 Å². The monoisotopic (exact) mass is 295 g/mol. The Bertz CT molecular complexity index is 685. The van der Waals surface area contributed by atoms with Crippen molar-refractivity contribution in [2.24, 2.45) is 0 Å². The largest absolute Gasteiger partial charge is 0.303 e. The Balaban J connectivity index is 1.62. The SMILES string of the molecule is O=C[C@H](Cc1ncn2c1CCc1ccccc1-2)N1CCCC1. The fraction of sp³-hybridized carbons (Fsp3) is 0.444. The van der Waals surface area contributed by atoms with Crippen LogP contribution in [0.4, 0.5) is 0 Å². The summed E-state index contributed by atoms with van der Waals surface area (Å²) in [5.41, 5.74) is 5.00. The van der Waals surface area contributed by atoms with Crippen molar-refractivity contribution in [2.75, 3.05) is 13.1 Å². The second-order valence-corrected chi connectivity index (χ2v) is 6.29. The second-order valence-electron chi connectivity index (χ2n) is 6.29. The van der Waals surface area contributed by atoms with Gasteiger partial charge in [0.1, 0.15) is 6.29 Å². The van der Waals surface area contributed by atoms with Crippen LogP contribution in [-0.2, 0) is 24.1 Å². The van der Waals surface area contributed by atoms with Gasteiger partial charge in [-0.1, -0.05) is 18.2 Å². The van der Waals surface area contributed by atoms with Crippen molar-refractivity contribution in [2.45, 2.75) is 38.1 Å². The zero-order valence-electron chi connectivity index (χ0n) is 12.7. The number of aromatic nitrogens is 2. The van der Waals surface area contributed by atoms with Crippen molar-refractivity contribution in [3.05, 3.63) is 47.5 Å². The maximum Gasteiger partial charge on any atom is 0.137 e. The Hall–Kier alpha value is -1.94. The molecule has 1 aromatic heterocycles. The van der Waals surface area contributed by atoms with E-state index in [9.17, 15) is 4.79 Å². The first-order valence-corrected chi connectivity index (χ1v) is 8.19. The molecule has 1 aromatic carbocycles. The molecule has 114 valence electrons. The summed E-state index contributed by atoms with van der Waals surface area (Å²) in [5.74, 6) is 0. The van der Waals surface area contributed by atoms with E-state index in [4.69, 9.17) is 0 Å². The first kappa shape index (κ1) is 13.7. The lowest BCUT2D eigenvalue weighted by molar-refractivity contribution is -0.112. The van der Waals surface area contributed by atoms with Gasteiger partial charge in [-0.25, -0.2) is 4.98 Å². The molecule has 4 rings (SSSR count). The molecule has 0 N–H and O–H groups in total. The summed E-state index contributed by atoms with van der Waals surface area (Å²) in [7, 11) is 0. The molecule has 2 aliphatic rings. The molecule has 1 atom stereocenters. The Labute approximate surface area is 130 Å². The molecule has 0 radical (unpaired) electrons. The third kappa shape index (κ3) is 2.28. The molecular formula is C18H21N3O. The average molecular weight is 295 g/mol. The third-order valence-electron chi connectivity index (χ3n) is 5.00. The van der Waals surface area contributed by atoms with Crippen LogP contribution in [-0.4, -0.2) is 39.9 Å². The highest BCUT2D eigenvalue weighted by atomic mass is 16.1. The van der Waals surface area contributed by atoms with Gasteiger partial charge in [0, 0.05) is 17.8 Å². The van der Waals surface area contributed by atoms with Gasteiger partial charge >= 0.3 is 0 Å². The molecule has 4 heteroatoms. The number of aldehydes is 1. The van der Waals surface area contributed by atoms with Crippen LogP contribution in [0, 0.1) is 0 Å². The standard InChI is InChI=1S/C18H21N3O/c22-12-15(20-9-3-4-10-20)11-16-18-8-7-14-5-1-2-6-17(14)21(18)13-19-16/h1-2,5-6,12-13,15H,3-4,7-11H2/t15-/m0/s1. The molecule has 22 heavy (non-hydrogen) atoms. The minimum Gasteiger partial charge on any atom is -0.303 e. The molecule has 2 aliphatic heterocycles. The minimum absolute atomic E-state index is 0.0146. The van der Waals surface area contributed by atoms with Gasteiger partial charge in [-0.15, -0.1) is 0 Å². The highest BCUT2D eigenvalue weighted by Gasteiger charge is 2.25. The summed E-state index contributed by atoms with van der Waals surface area (Å²) in [6.45, 7) is 2.09. The summed E-state index contributed by atoms with van der Waals surface area (Å²) in [4.78, 5) is 18.4. The molecule has 1 saturated heterocycles. The fourth-order valence-electron chi connectivity index (χ4n) is 3.80. The van der Waals surface area contributed by atoms with Crippen molar-refractivity contribution in [1.29, 1.82) is 0 Å². The van der Waals surface area contributed by atoms with E-state index < -0.39 is 0 Å². The molecule has 1 fully saturated rings. The molecule has 0 spiro atoms. The summed E-state index contributed by atoms with van der Waals surface area (Å²) < 4.78 is 2.21. The molecule has 2 aromatic rings. The van der Waals surface area contributed by atoms with Crippen molar-refractivity contribution in [3.8, 4) is 5.69 Å². The number of imidazole rings is 1. The number of para-hydroxylation sites is 1. The van der Waals surface area contributed by atoms with E-state index in [-0.39, 0.29) is 6.04 Å². The molecule has 0 saturated carbocycles. The molecule has 0 unspecified atom stereocenters. The van der Waals surface area contributed by atoms with Crippen LogP contribution in [0.15, 0.2) is 30.6 Å². The van der Waals surface area contributed by atoms with Gasteiger partial charge < -0.3 is 9.36 Å². The number of aryl methyl sites for hydroxylation is 1. The Morgan fingerprint density at radius 3 is 2.82 bits per heavy atom. The first-order valence-electron chi connectivity index (χ1n) is 8.19. The topological polar surface area (TPSA) is 38.1 Å². The molecule has 0 amide bonds. The van der Waals surface area contributed by atoms with E-state index in [0.29, 0.717) is 0 Å². The predicted octanol–water partition coefficient (Wildman–Crippen LogP) is 2.18. The Kier molecular flexibility index (Phi) is 3.54. The number of fused-ring (bicyclic) bond motifs is 3. The van der Waals surface area contributed by atoms with Gasteiger partial charge in [-0.05, 0) is 50.4 Å².